The molecule has 0 N–H and O–H groups in total. The monoisotopic (exact) mass is 206 g/mol. The Hall–Kier alpha value is -1.22. The Kier molecular flexibility index (Phi) is 2.59. The summed E-state index contributed by atoms with van der Waals surface area (Å²) in [4.78, 5) is 12.1. The van der Waals surface area contributed by atoms with Crippen LogP contribution in [0.4, 0.5) is 0 Å². The van der Waals surface area contributed by atoms with Gasteiger partial charge in [-0.1, -0.05) is 13.0 Å². The van der Waals surface area contributed by atoms with Crippen LogP contribution in [0.5, 0.6) is 0 Å². The molecule has 2 nitrogen and oxygen atoms in total. The molecule has 2 aromatic rings. The third-order valence-corrected chi connectivity index (χ3v) is 2.78. The first-order valence-electron chi connectivity index (χ1n) is 4.46. The lowest BCUT2D eigenvalue weighted by Gasteiger charge is -1.99. The molecule has 0 amide bonds. The SMILES string of the molecule is CCSc1ccc2ccc(=O)oc2c1. The van der Waals surface area contributed by atoms with Gasteiger partial charge in [0, 0.05) is 16.3 Å². The van der Waals surface area contributed by atoms with Crippen molar-refractivity contribution in [3.05, 3.63) is 40.8 Å². The van der Waals surface area contributed by atoms with Crippen molar-refractivity contribution < 1.29 is 4.42 Å². The van der Waals surface area contributed by atoms with E-state index in [4.69, 9.17) is 4.42 Å². The fraction of sp³-hybridized carbons (Fsp3) is 0.182. The van der Waals surface area contributed by atoms with E-state index in [-0.39, 0.29) is 5.63 Å². The number of fused-ring (bicyclic) bond motifs is 1. The molecule has 1 aromatic heterocycles. The summed E-state index contributed by atoms with van der Waals surface area (Å²) in [6.45, 7) is 2.09. The quantitative estimate of drug-likeness (QED) is 0.559. The van der Waals surface area contributed by atoms with Crippen LogP contribution in [0, 0.1) is 0 Å². The maximum absolute atomic E-state index is 11.0. The maximum Gasteiger partial charge on any atom is 0.336 e. The summed E-state index contributed by atoms with van der Waals surface area (Å²) in [7, 11) is 0. The van der Waals surface area contributed by atoms with Crippen LogP contribution >= 0.6 is 11.8 Å². The minimum atomic E-state index is -0.295. The van der Waals surface area contributed by atoms with Crippen molar-refractivity contribution in [1.29, 1.82) is 0 Å². The fourth-order valence-electron chi connectivity index (χ4n) is 1.30. The van der Waals surface area contributed by atoms with Gasteiger partial charge < -0.3 is 4.42 Å². The number of benzene rings is 1. The first kappa shape index (κ1) is 9.34. The summed E-state index contributed by atoms with van der Waals surface area (Å²) < 4.78 is 5.08. The lowest BCUT2D eigenvalue weighted by molar-refractivity contribution is 0.560. The van der Waals surface area contributed by atoms with Crippen molar-refractivity contribution in [2.24, 2.45) is 0 Å². The van der Waals surface area contributed by atoms with Crippen LogP contribution in [-0.2, 0) is 0 Å². The minimum Gasteiger partial charge on any atom is -0.423 e. The van der Waals surface area contributed by atoms with Crippen molar-refractivity contribution in [3.63, 3.8) is 0 Å². The zero-order valence-corrected chi connectivity index (χ0v) is 8.64. The highest BCUT2D eigenvalue weighted by molar-refractivity contribution is 7.99. The molecule has 0 spiro atoms. The molecule has 0 atom stereocenters. The Balaban J connectivity index is 2.58. The van der Waals surface area contributed by atoms with Crippen LogP contribution in [0.1, 0.15) is 6.92 Å². The second kappa shape index (κ2) is 3.88. The van der Waals surface area contributed by atoms with Gasteiger partial charge in [-0.3, -0.25) is 0 Å². The van der Waals surface area contributed by atoms with Crippen LogP contribution in [-0.4, -0.2) is 5.75 Å². The van der Waals surface area contributed by atoms with Gasteiger partial charge in [-0.25, -0.2) is 4.79 Å². The van der Waals surface area contributed by atoms with Gasteiger partial charge in [0.25, 0.3) is 0 Å². The minimum absolute atomic E-state index is 0.295. The lowest BCUT2D eigenvalue weighted by Crippen LogP contribution is -1.93. The van der Waals surface area contributed by atoms with Crippen molar-refractivity contribution in [3.8, 4) is 0 Å². The van der Waals surface area contributed by atoms with E-state index in [1.807, 2.05) is 18.2 Å². The number of hydrogen-bond donors (Lipinski definition) is 0. The van der Waals surface area contributed by atoms with E-state index in [9.17, 15) is 4.79 Å². The van der Waals surface area contributed by atoms with E-state index in [1.165, 1.54) is 6.07 Å². The lowest BCUT2D eigenvalue weighted by atomic mass is 10.2. The normalized spacial score (nSPS) is 10.6. The molecule has 0 aliphatic carbocycles. The molecule has 3 heteroatoms. The van der Waals surface area contributed by atoms with Crippen LogP contribution in [0.15, 0.2) is 44.4 Å². The molecule has 0 saturated carbocycles. The molecule has 1 heterocycles. The predicted molar refractivity (Wildman–Crippen MR) is 58.9 cm³/mol. The second-order valence-corrected chi connectivity index (χ2v) is 4.22. The van der Waals surface area contributed by atoms with Gasteiger partial charge in [0.2, 0.25) is 0 Å². The average Bonchev–Trinajstić information content (AvgIpc) is 2.17. The van der Waals surface area contributed by atoms with E-state index in [1.54, 1.807) is 17.8 Å². The van der Waals surface area contributed by atoms with Gasteiger partial charge in [0.15, 0.2) is 0 Å². The number of thioether (sulfide) groups is 1. The van der Waals surface area contributed by atoms with Crippen LogP contribution in [0.25, 0.3) is 11.0 Å². The first-order chi connectivity index (χ1) is 6.79. The van der Waals surface area contributed by atoms with E-state index < -0.39 is 0 Å². The second-order valence-electron chi connectivity index (χ2n) is 2.89. The van der Waals surface area contributed by atoms with Gasteiger partial charge in [0.1, 0.15) is 5.58 Å². The van der Waals surface area contributed by atoms with Crippen LogP contribution < -0.4 is 5.63 Å². The Morgan fingerprint density at radius 3 is 2.86 bits per heavy atom. The standard InChI is InChI=1S/C11H10O2S/c1-2-14-9-5-3-8-4-6-11(12)13-10(8)7-9/h3-7H,2H2,1H3. The van der Waals surface area contributed by atoms with E-state index in [0.717, 1.165) is 16.0 Å². The molecule has 1 aromatic carbocycles. The van der Waals surface area contributed by atoms with Crippen molar-refractivity contribution >= 4 is 22.7 Å². The van der Waals surface area contributed by atoms with Crippen LogP contribution in [0.2, 0.25) is 0 Å². The number of hydrogen-bond acceptors (Lipinski definition) is 3. The van der Waals surface area contributed by atoms with Crippen LogP contribution in [0.3, 0.4) is 0 Å². The zero-order chi connectivity index (χ0) is 9.97. The molecular weight excluding hydrogens is 196 g/mol. The average molecular weight is 206 g/mol. The molecule has 0 aliphatic rings. The van der Waals surface area contributed by atoms with Crippen molar-refractivity contribution in [1.82, 2.24) is 0 Å². The summed E-state index contributed by atoms with van der Waals surface area (Å²) in [6, 6.07) is 9.13. The Bertz CT molecular complexity index is 502. The summed E-state index contributed by atoms with van der Waals surface area (Å²) in [5.41, 5.74) is 0.368. The largest absolute Gasteiger partial charge is 0.423 e. The topological polar surface area (TPSA) is 30.2 Å². The third-order valence-electron chi connectivity index (χ3n) is 1.91. The Morgan fingerprint density at radius 1 is 1.29 bits per heavy atom. The number of rotatable bonds is 2. The first-order valence-corrected chi connectivity index (χ1v) is 5.45. The van der Waals surface area contributed by atoms with Gasteiger partial charge in [-0.05, 0) is 24.0 Å². The summed E-state index contributed by atoms with van der Waals surface area (Å²) in [5, 5.41) is 0.963. The van der Waals surface area contributed by atoms with Crippen molar-refractivity contribution in [2.75, 3.05) is 5.75 Å². The highest BCUT2D eigenvalue weighted by Gasteiger charge is 1.98. The molecule has 0 unspecified atom stereocenters. The molecule has 0 fully saturated rings. The summed E-state index contributed by atoms with van der Waals surface area (Å²) in [6.07, 6.45) is 0. The smallest absolute Gasteiger partial charge is 0.336 e. The molecule has 0 aliphatic heterocycles. The summed E-state index contributed by atoms with van der Waals surface area (Å²) >= 11 is 1.73. The zero-order valence-electron chi connectivity index (χ0n) is 7.82. The molecule has 0 radical (unpaired) electrons. The molecule has 0 bridgehead atoms. The fourth-order valence-corrected chi connectivity index (χ4v) is 1.99. The molecular formula is C11H10O2S. The highest BCUT2D eigenvalue weighted by Crippen LogP contribution is 2.22. The maximum atomic E-state index is 11.0. The van der Waals surface area contributed by atoms with Gasteiger partial charge >= 0.3 is 5.63 Å². The molecule has 2 rings (SSSR count). The van der Waals surface area contributed by atoms with E-state index in [2.05, 4.69) is 6.92 Å². The third kappa shape index (κ3) is 1.82. The van der Waals surface area contributed by atoms with Crippen molar-refractivity contribution in [2.45, 2.75) is 11.8 Å². The molecule has 72 valence electrons. The Morgan fingerprint density at radius 2 is 2.07 bits per heavy atom. The molecule has 14 heavy (non-hydrogen) atoms. The highest BCUT2D eigenvalue weighted by atomic mass is 32.2. The molecule has 0 saturated heterocycles. The van der Waals surface area contributed by atoms with Gasteiger partial charge in [-0.2, -0.15) is 0 Å². The van der Waals surface area contributed by atoms with E-state index >= 15 is 0 Å². The predicted octanol–water partition coefficient (Wildman–Crippen LogP) is 2.91. The summed E-state index contributed by atoms with van der Waals surface area (Å²) in [5.74, 6) is 1.02. The van der Waals surface area contributed by atoms with Gasteiger partial charge in [0.05, 0.1) is 0 Å². The van der Waals surface area contributed by atoms with E-state index in [0.29, 0.717) is 5.58 Å². The Labute approximate surface area is 85.9 Å². The van der Waals surface area contributed by atoms with Gasteiger partial charge in [-0.15, -0.1) is 11.8 Å².